The summed E-state index contributed by atoms with van der Waals surface area (Å²) in [5, 5.41) is 2.71. The minimum absolute atomic E-state index is 0.101. The monoisotopic (exact) mass is 259 g/mol. The molecule has 2 rings (SSSR count). The first-order chi connectivity index (χ1) is 8.90. The second kappa shape index (κ2) is 5.16. The molecule has 1 aromatic rings. The van der Waals surface area contributed by atoms with Crippen LogP contribution in [0.2, 0.25) is 0 Å². The lowest BCUT2D eigenvalue weighted by molar-refractivity contribution is -0.114. The van der Waals surface area contributed by atoms with Crippen LogP contribution in [-0.2, 0) is 4.79 Å². The van der Waals surface area contributed by atoms with E-state index in [1.807, 2.05) is 12.1 Å². The molecule has 1 aliphatic rings. The van der Waals surface area contributed by atoms with Crippen LogP contribution in [0.1, 0.15) is 50.4 Å². The van der Waals surface area contributed by atoms with Gasteiger partial charge in [0.1, 0.15) is 0 Å². The maximum atomic E-state index is 12.5. The van der Waals surface area contributed by atoms with Crippen molar-refractivity contribution in [3.8, 4) is 0 Å². The van der Waals surface area contributed by atoms with Gasteiger partial charge < -0.3 is 5.32 Å². The molecule has 0 bridgehead atoms. The Kier molecular flexibility index (Phi) is 3.74. The van der Waals surface area contributed by atoms with Gasteiger partial charge in [-0.3, -0.25) is 9.59 Å². The fourth-order valence-electron chi connectivity index (χ4n) is 2.94. The molecule has 0 radical (unpaired) electrons. The Labute approximate surface area is 114 Å². The molecule has 1 N–H and O–H groups in total. The van der Waals surface area contributed by atoms with Crippen molar-refractivity contribution >= 4 is 17.4 Å². The number of nitrogens with one attached hydrogen (secondary N) is 1. The van der Waals surface area contributed by atoms with Crippen LogP contribution in [0, 0.1) is 11.3 Å². The Balaban J connectivity index is 2.14. The molecule has 0 aromatic heterocycles. The first-order valence-electron chi connectivity index (χ1n) is 6.82. The summed E-state index contributed by atoms with van der Waals surface area (Å²) < 4.78 is 0. The van der Waals surface area contributed by atoms with Gasteiger partial charge in [0.15, 0.2) is 5.78 Å². The van der Waals surface area contributed by atoms with Gasteiger partial charge in [0.05, 0.1) is 0 Å². The quantitative estimate of drug-likeness (QED) is 0.842. The van der Waals surface area contributed by atoms with Crippen LogP contribution in [0.3, 0.4) is 0 Å². The largest absolute Gasteiger partial charge is 0.326 e. The highest BCUT2D eigenvalue weighted by atomic mass is 16.1. The summed E-state index contributed by atoms with van der Waals surface area (Å²) in [6.07, 6.45) is 3.24. The Bertz CT molecular complexity index is 488. The molecule has 0 saturated heterocycles. The number of hydrogen-bond donors (Lipinski definition) is 1. The summed E-state index contributed by atoms with van der Waals surface area (Å²) in [5.74, 6) is 0.256. The van der Waals surface area contributed by atoms with E-state index in [4.69, 9.17) is 0 Å². The second-order valence-electron chi connectivity index (χ2n) is 6.06. The van der Waals surface area contributed by atoms with Crippen LogP contribution < -0.4 is 5.32 Å². The van der Waals surface area contributed by atoms with E-state index in [-0.39, 0.29) is 23.0 Å². The molecule has 1 saturated carbocycles. The normalized spacial score (nSPS) is 21.1. The number of carbonyl (C=O) groups is 2. The molecule has 1 atom stereocenters. The maximum absolute atomic E-state index is 12.5. The molecule has 3 nitrogen and oxygen atoms in total. The number of ketones is 1. The Hall–Kier alpha value is -1.64. The molecule has 1 aliphatic carbocycles. The highest BCUT2D eigenvalue weighted by molar-refractivity contribution is 5.99. The number of amides is 1. The van der Waals surface area contributed by atoms with Crippen LogP contribution in [0.25, 0.3) is 0 Å². The van der Waals surface area contributed by atoms with Crippen molar-refractivity contribution in [2.45, 2.75) is 40.0 Å². The summed E-state index contributed by atoms with van der Waals surface area (Å²) in [6.45, 7) is 5.82. The van der Waals surface area contributed by atoms with Gasteiger partial charge in [-0.25, -0.2) is 0 Å². The first kappa shape index (κ1) is 13.8. The van der Waals surface area contributed by atoms with Gasteiger partial charge in [-0.2, -0.15) is 0 Å². The highest BCUT2D eigenvalue weighted by Gasteiger charge is 2.39. The molecule has 1 aromatic carbocycles. The van der Waals surface area contributed by atoms with Gasteiger partial charge in [-0.1, -0.05) is 20.3 Å². The van der Waals surface area contributed by atoms with Crippen molar-refractivity contribution in [2.24, 2.45) is 11.3 Å². The lowest BCUT2D eigenvalue weighted by atomic mass is 9.78. The Morgan fingerprint density at radius 2 is 1.84 bits per heavy atom. The molecule has 1 fully saturated rings. The summed E-state index contributed by atoms with van der Waals surface area (Å²) in [5.41, 5.74) is 1.58. The van der Waals surface area contributed by atoms with Gasteiger partial charge in [-0.15, -0.1) is 0 Å². The SMILES string of the molecule is CC(=O)Nc1ccc(C(=O)C2CCCC2(C)C)cc1. The van der Waals surface area contributed by atoms with E-state index in [1.165, 1.54) is 6.92 Å². The Morgan fingerprint density at radius 3 is 2.32 bits per heavy atom. The minimum Gasteiger partial charge on any atom is -0.326 e. The van der Waals surface area contributed by atoms with E-state index < -0.39 is 0 Å². The third-order valence-electron chi connectivity index (χ3n) is 4.06. The second-order valence-corrected chi connectivity index (χ2v) is 6.06. The first-order valence-corrected chi connectivity index (χ1v) is 6.82. The number of carbonyl (C=O) groups excluding carboxylic acids is 2. The van der Waals surface area contributed by atoms with Crippen LogP contribution >= 0.6 is 0 Å². The molecule has 1 unspecified atom stereocenters. The van der Waals surface area contributed by atoms with Crippen molar-refractivity contribution in [3.63, 3.8) is 0 Å². The zero-order valence-electron chi connectivity index (χ0n) is 11.8. The van der Waals surface area contributed by atoms with Gasteiger partial charge in [0.2, 0.25) is 5.91 Å². The van der Waals surface area contributed by atoms with E-state index in [2.05, 4.69) is 19.2 Å². The lowest BCUT2D eigenvalue weighted by Crippen LogP contribution is -2.25. The lowest BCUT2D eigenvalue weighted by Gasteiger charge is -2.25. The van der Waals surface area contributed by atoms with Crippen molar-refractivity contribution in [1.82, 2.24) is 0 Å². The topological polar surface area (TPSA) is 46.2 Å². The van der Waals surface area contributed by atoms with E-state index in [9.17, 15) is 9.59 Å². The summed E-state index contributed by atoms with van der Waals surface area (Å²) in [7, 11) is 0. The average Bonchev–Trinajstić information content (AvgIpc) is 2.68. The fourth-order valence-corrected chi connectivity index (χ4v) is 2.94. The zero-order valence-corrected chi connectivity index (χ0v) is 11.8. The van der Waals surface area contributed by atoms with Crippen LogP contribution in [0.15, 0.2) is 24.3 Å². The molecule has 19 heavy (non-hydrogen) atoms. The number of Topliss-reactive ketones (excluding diaryl/α,β-unsaturated/α-hetero) is 1. The molecule has 102 valence electrons. The van der Waals surface area contributed by atoms with Crippen LogP contribution in [0.4, 0.5) is 5.69 Å². The molecule has 0 heterocycles. The summed E-state index contributed by atoms with van der Waals surface area (Å²) in [4.78, 5) is 23.5. The number of hydrogen-bond acceptors (Lipinski definition) is 2. The molecule has 3 heteroatoms. The molecule has 0 aliphatic heterocycles. The number of anilines is 1. The van der Waals surface area contributed by atoms with Crippen LogP contribution in [-0.4, -0.2) is 11.7 Å². The average molecular weight is 259 g/mol. The van der Waals surface area contributed by atoms with Crippen molar-refractivity contribution < 1.29 is 9.59 Å². The highest BCUT2D eigenvalue weighted by Crippen LogP contribution is 2.44. The van der Waals surface area contributed by atoms with Gasteiger partial charge >= 0.3 is 0 Å². The van der Waals surface area contributed by atoms with E-state index in [1.54, 1.807) is 12.1 Å². The standard InChI is InChI=1S/C16H21NO2/c1-11(18)17-13-8-6-12(7-9-13)15(19)14-5-4-10-16(14,2)3/h6-9,14H,4-5,10H2,1-3H3,(H,17,18). The third kappa shape index (κ3) is 3.03. The Morgan fingerprint density at radius 1 is 1.21 bits per heavy atom. The zero-order chi connectivity index (χ0) is 14.0. The predicted molar refractivity (Wildman–Crippen MR) is 76.2 cm³/mol. The molecule has 0 spiro atoms. The van der Waals surface area contributed by atoms with E-state index in [0.717, 1.165) is 30.5 Å². The van der Waals surface area contributed by atoms with Crippen molar-refractivity contribution in [3.05, 3.63) is 29.8 Å². The van der Waals surface area contributed by atoms with E-state index in [0.29, 0.717) is 0 Å². The maximum Gasteiger partial charge on any atom is 0.221 e. The molecular formula is C16H21NO2. The molecule has 1 amide bonds. The number of rotatable bonds is 3. The minimum atomic E-state index is -0.101. The number of benzene rings is 1. The van der Waals surface area contributed by atoms with Gasteiger partial charge in [0.25, 0.3) is 0 Å². The fraction of sp³-hybridized carbons (Fsp3) is 0.500. The van der Waals surface area contributed by atoms with Gasteiger partial charge in [0, 0.05) is 24.1 Å². The van der Waals surface area contributed by atoms with Crippen LogP contribution in [0.5, 0.6) is 0 Å². The summed E-state index contributed by atoms with van der Waals surface area (Å²) >= 11 is 0. The van der Waals surface area contributed by atoms with Crippen molar-refractivity contribution in [2.75, 3.05) is 5.32 Å². The van der Waals surface area contributed by atoms with Crippen molar-refractivity contribution in [1.29, 1.82) is 0 Å². The third-order valence-corrected chi connectivity index (χ3v) is 4.06. The smallest absolute Gasteiger partial charge is 0.221 e. The van der Waals surface area contributed by atoms with Gasteiger partial charge in [-0.05, 0) is 42.5 Å². The summed E-state index contributed by atoms with van der Waals surface area (Å²) in [6, 6.07) is 7.19. The van der Waals surface area contributed by atoms with E-state index >= 15 is 0 Å². The predicted octanol–water partition coefficient (Wildman–Crippen LogP) is 3.65. The molecular weight excluding hydrogens is 238 g/mol.